The summed E-state index contributed by atoms with van der Waals surface area (Å²) in [5.74, 6) is 0.769. The highest BCUT2D eigenvalue weighted by atomic mass is 16.5. The lowest BCUT2D eigenvalue weighted by Crippen LogP contribution is -2.25. The molecule has 0 radical (unpaired) electrons. The summed E-state index contributed by atoms with van der Waals surface area (Å²) in [6.07, 6.45) is 4.28. The monoisotopic (exact) mass is 490 g/mol. The number of methoxy groups -OCH3 is 1. The molecule has 3 heterocycles. The minimum Gasteiger partial charge on any atom is -0.496 e. The van der Waals surface area contributed by atoms with E-state index in [0.29, 0.717) is 30.5 Å². The van der Waals surface area contributed by atoms with Crippen molar-refractivity contribution >= 4 is 11.7 Å². The van der Waals surface area contributed by atoms with Crippen molar-refractivity contribution in [2.24, 2.45) is 0 Å². The second kappa shape index (κ2) is 11.4. The molecule has 2 aliphatic rings. The number of esters is 1. The van der Waals surface area contributed by atoms with Crippen LogP contribution in [0.3, 0.4) is 0 Å². The number of carbonyl (C=O) groups is 1. The van der Waals surface area contributed by atoms with E-state index >= 15 is 0 Å². The average Bonchev–Trinajstić information content (AvgIpc) is 3.71. The van der Waals surface area contributed by atoms with Gasteiger partial charge < -0.3 is 24.8 Å². The van der Waals surface area contributed by atoms with Gasteiger partial charge in [0.05, 0.1) is 37.5 Å². The summed E-state index contributed by atoms with van der Waals surface area (Å²) in [5.41, 5.74) is 6.51. The zero-order chi connectivity index (χ0) is 25.7. The fraction of sp³-hybridized carbons (Fsp3) is 0.464. The minimum atomic E-state index is -0.409. The van der Waals surface area contributed by atoms with Crippen molar-refractivity contribution in [2.75, 3.05) is 32.2 Å². The number of aryl methyl sites for hydroxylation is 2. The number of nitrogens with one attached hydrogen (secondary N) is 2. The molecule has 2 aromatic rings. The lowest BCUT2D eigenvalue weighted by molar-refractivity contribution is -0.139. The number of pyridine rings is 1. The van der Waals surface area contributed by atoms with Gasteiger partial charge in [0.1, 0.15) is 12.4 Å². The van der Waals surface area contributed by atoms with Crippen LogP contribution in [-0.2, 0) is 16.0 Å². The number of rotatable bonds is 11. The van der Waals surface area contributed by atoms with E-state index in [-0.39, 0.29) is 18.9 Å². The predicted molar refractivity (Wildman–Crippen MR) is 137 cm³/mol. The Morgan fingerprint density at radius 3 is 2.81 bits per heavy atom. The SMILES string of the molecule is CCOc1ncc(C)c2c1C(CCCc1ccc(C3CN3)cc1OC)C(C(=O)OCCC#N)=C(C)N2. The molecule has 1 aromatic heterocycles. The van der Waals surface area contributed by atoms with Crippen molar-refractivity contribution in [1.29, 1.82) is 5.26 Å². The molecule has 0 bridgehead atoms. The van der Waals surface area contributed by atoms with Crippen LogP contribution in [0.5, 0.6) is 11.6 Å². The van der Waals surface area contributed by atoms with Crippen LogP contribution >= 0.6 is 0 Å². The average molecular weight is 491 g/mol. The number of hydrogen-bond donors (Lipinski definition) is 2. The van der Waals surface area contributed by atoms with Gasteiger partial charge >= 0.3 is 5.97 Å². The van der Waals surface area contributed by atoms with E-state index in [1.807, 2.05) is 26.8 Å². The number of hydrogen-bond acceptors (Lipinski definition) is 8. The van der Waals surface area contributed by atoms with E-state index < -0.39 is 5.97 Å². The van der Waals surface area contributed by atoms with E-state index in [4.69, 9.17) is 19.5 Å². The second-order valence-corrected chi connectivity index (χ2v) is 9.15. The molecule has 0 aliphatic carbocycles. The van der Waals surface area contributed by atoms with Crippen molar-refractivity contribution in [3.8, 4) is 17.7 Å². The van der Waals surface area contributed by atoms with Gasteiger partial charge in [-0.2, -0.15) is 5.26 Å². The van der Waals surface area contributed by atoms with Crippen LogP contribution < -0.4 is 20.1 Å². The highest BCUT2D eigenvalue weighted by Gasteiger charge is 2.35. The maximum atomic E-state index is 13.2. The molecule has 36 heavy (non-hydrogen) atoms. The molecular weight excluding hydrogens is 456 g/mol. The molecule has 0 amide bonds. The third kappa shape index (κ3) is 5.47. The minimum absolute atomic E-state index is 0.0650. The highest BCUT2D eigenvalue weighted by molar-refractivity contribution is 5.94. The van der Waals surface area contributed by atoms with Gasteiger partial charge in [0.2, 0.25) is 5.88 Å². The van der Waals surface area contributed by atoms with Gasteiger partial charge in [-0.05, 0) is 62.8 Å². The van der Waals surface area contributed by atoms with Crippen LogP contribution in [0.15, 0.2) is 35.7 Å². The lowest BCUT2D eigenvalue weighted by atomic mass is 9.81. The van der Waals surface area contributed by atoms with Crippen LogP contribution in [0.4, 0.5) is 5.69 Å². The highest BCUT2D eigenvalue weighted by Crippen LogP contribution is 2.46. The Hall–Kier alpha value is -3.57. The quantitative estimate of drug-likeness (QED) is 0.264. The number of carbonyl (C=O) groups excluding carboxylic acids is 1. The van der Waals surface area contributed by atoms with Gasteiger partial charge in [0.25, 0.3) is 0 Å². The Kier molecular flexibility index (Phi) is 8.11. The number of ether oxygens (including phenoxy) is 3. The van der Waals surface area contributed by atoms with Gasteiger partial charge in [-0.3, -0.25) is 0 Å². The van der Waals surface area contributed by atoms with Crippen LogP contribution in [0, 0.1) is 18.3 Å². The van der Waals surface area contributed by atoms with E-state index in [9.17, 15) is 4.79 Å². The van der Waals surface area contributed by atoms with Crippen LogP contribution in [0.25, 0.3) is 0 Å². The molecule has 190 valence electrons. The standard InChI is InChI=1S/C28H34N4O4/c1-5-35-27-25-21(9-6-8-19-10-11-20(22-16-30-22)14-23(19)34-4)24(28(33)36-13-7-12-29)18(3)32-26(25)17(2)15-31-27/h10-11,14-15,21-22,30,32H,5-9,13,16H2,1-4H3. The van der Waals surface area contributed by atoms with Gasteiger partial charge in [0, 0.05) is 36.0 Å². The fourth-order valence-corrected chi connectivity index (χ4v) is 4.84. The van der Waals surface area contributed by atoms with Gasteiger partial charge in [-0.1, -0.05) is 12.1 Å². The Balaban J connectivity index is 1.62. The first-order chi connectivity index (χ1) is 17.5. The largest absolute Gasteiger partial charge is 0.496 e. The number of benzene rings is 1. The Morgan fingerprint density at radius 2 is 2.11 bits per heavy atom. The molecule has 8 heteroatoms. The number of allylic oxidation sites excluding steroid dienone is 1. The smallest absolute Gasteiger partial charge is 0.336 e. The second-order valence-electron chi connectivity index (χ2n) is 9.15. The van der Waals surface area contributed by atoms with Crippen molar-refractivity contribution in [3.63, 3.8) is 0 Å². The number of fused-ring (bicyclic) bond motifs is 1. The summed E-state index contributed by atoms with van der Waals surface area (Å²) >= 11 is 0. The Morgan fingerprint density at radius 1 is 1.31 bits per heavy atom. The van der Waals surface area contributed by atoms with Crippen LogP contribution in [-0.4, -0.2) is 37.8 Å². The molecule has 8 nitrogen and oxygen atoms in total. The topological polar surface area (TPSA) is 115 Å². The van der Waals surface area contributed by atoms with E-state index in [0.717, 1.165) is 53.2 Å². The first kappa shape index (κ1) is 25.5. The summed E-state index contributed by atoms with van der Waals surface area (Å²) < 4.78 is 17.0. The van der Waals surface area contributed by atoms with Crippen molar-refractivity contribution in [1.82, 2.24) is 10.3 Å². The van der Waals surface area contributed by atoms with Crippen molar-refractivity contribution in [3.05, 3.63) is 57.9 Å². The Bertz CT molecular complexity index is 1200. The van der Waals surface area contributed by atoms with Crippen LogP contribution in [0.1, 0.15) is 67.3 Å². The molecule has 2 unspecified atom stereocenters. The molecule has 2 N–H and O–H groups in total. The first-order valence-electron chi connectivity index (χ1n) is 12.5. The molecule has 0 saturated carbocycles. The van der Waals surface area contributed by atoms with Gasteiger partial charge in [-0.15, -0.1) is 0 Å². The third-order valence-corrected chi connectivity index (χ3v) is 6.69. The van der Waals surface area contributed by atoms with E-state index in [1.54, 1.807) is 13.3 Å². The predicted octanol–water partition coefficient (Wildman–Crippen LogP) is 4.70. The molecule has 2 atom stereocenters. The van der Waals surface area contributed by atoms with Gasteiger partial charge in [0.15, 0.2) is 0 Å². The number of nitriles is 1. The molecule has 1 aromatic carbocycles. The molecular formula is C28H34N4O4. The van der Waals surface area contributed by atoms with Gasteiger partial charge in [-0.25, -0.2) is 9.78 Å². The maximum Gasteiger partial charge on any atom is 0.336 e. The number of anilines is 1. The maximum absolute atomic E-state index is 13.2. The number of nitrogens with zero attached hydrogens (tertiary/aromatic N) is 2. The molecule has 1 fully saturated rings. The first-order valence-corrected chi connectivity index (χ1v) is 12.5. The summed E-state index contributed by atoms with van der Waals surface area (Å²) in [6.45, 7) is 7.35. The van der Waals surface area contributed by atoms with Crippen molar-refractivity contribution in [2.45, 2.75) is 58.4 Å². The number of aromatic nitrogens is 1. The molecule has 2 aliphatic heterocycles. The third-order valence-electron chi connectivity index (χ3n) is 6.69. The fourth-order valence-electron chi connectivity index (χ4n) is 4.84. The lowest BCUT2D eigenvalue weighted by Gasteiger charge is -2.31. The molecule has 1 saturated heterocycles. The zero-order valence-electron chi connectivity index (χ0n) is 21.4. The summed E-state index contributed by atoms with van der Waals surface area (Å²) in [6, 6.07) is 8.86. The van der Waals surface area contributed by atoms with Crippen LogP contribution in [0.2, 0.25) is 0 Å². The summed E-state index contributed by atoms with van der Waals surface area (Å²) in [7, 11) is 1.70. The normalized spacial score (nSPS) is 18.1. The molecule has 0 spiro atoms. The Labute approximate surface area is 212 Å². The van der Waals surface area contributed by atoms with E-state index in [2.05, 4.69) is 33.8 Å². The van der Waals surface area contributed by atoms with E-state index in [1.165, 1.54) is 5.56 Å². The van der Waals surface area contributed by atoms with Crippen molar-refractivity contribution < 1.29 is 19.0 Å². The zero-order valence-corrected chi connectivity index (χ0v) is 21.4. The molecule has 4 rings (SSSR count). The summed E-state index contributed by atoms with van der Waals surface area (Å²) in [5, 5.41) is 15.6. The summed E-state index contributed by atoms with van der Waals surface area (Å²) in [4.78, 5) is 17.7.